The zero-order valence-electron chi connectivity index (χ0n) is 11.4. The van der Waals surface area contributed by atoms with Crippen molar-refractivity contribution in [3.8, 4) is 0 Å². The summed E-state index contributed by atoms with van der Waals surface area (Å²) in [5.41, 5.74) is 0.299. The van der Waals surface area contributed by atoms with E-state index >= 15 is 0 Å². The molecular weight excluding hydrogens is 194 g/mol. The average molecular weight is 223 g/mol. The summed E-state index contributed by atoms with van der Waals surface area (Å²) >= 11 is 0. The maximum absolute atomic E-state index is 3.68. The average Bonchev–Trinajstić information content (AvgIpc) is 2.63. The van der Waals surface area contributed by atoms with Gasteiger partial charge in [-0.25, -0.2) is 0 Å². The molecule has 94 valence electrons. The van der Waals surface area contributed by atoms with Crippen LogP contribution in [0.3, 0.4) is 0 Å². The minimum atomic E-state index is 0.299. The maximum atomic E-state index is 3.68. The van der Waals surface area contributed by atoms with E-state index in [1.165, 1.54) is 51.5 Å². The summed E-state index contributed by atoms with van der Waals surface area (Å²) in [7, 11) is 0. The van der Waals surface area contributed by atoms with Crippen LogP contribution < -0.4 is 5.32 Å². The second kappa shape index (κ2) is 5.08. The highest BCUT2D eigenvalue weighted by Crippen LogP contribution is 2.42. The number of hydrogen-bond acceptors (Lipinski definition) is 1. The first-order valence-corrected chi connectivity index (χ1v) is 7.29. The molecule has 1 nitrogen and oxygen atoms in total. The van der Waals surface area contributed by atoms with Gasteiger partial charge in [0.25, 0.3) is 0 Å². The van der Waals surface area contributed by atoms with Crippen LogP contribution in [0.2, 0.25) is 0 Å². The van der Waals surface area contributed by atoms with Crippen molar-refractivity contribution in [3.63, 3.8) is 0 Å². The summed E-state index contributed by atoms with van der Waals surface area (Å²) in [6.07, 6.45) is 10.6. The van der Waals surface area contributed by atoms with Crippen LogP contribution in [0.25, 0.3) is 0 Å². The Balaban J connectivity index is 1.67. The minimum Gasteiger partial charge on any atom is -0.312 e. The minimum absolute atomic E-state index is 0.299. The van der Waals surface area contributed by atoms with Crippen molar-refractivity contribution in [1.82, 2.24) is 5.32 Å². The molecule has 0 aromatic carbocycles. The fourth-order valence-corrected chi connectivity index (χ4v) is 3.33. The summed E-state index contributed by atoms with van der Waals surface area (Å²) in [5.74, 6) is 3.13. The lowest BCUT2D eigenvalue weighted by Gasteiger charge is -2.40. The number of nitrogens with one attached hydrogen (secondary N) is 1. The van der Waals surface area contributed by atoms with E-state index in [0.29, 0.717) is 5.54 Å². The van der Waals surface area contributed by atoms with Crippen LogP contribution in [-0.2, 0) is 0 Å². The van der Waals surface area contributed by atoms with Crippen LogP contribution in [0.5, 0.6) is 0 Å². The molecule has 2 fully saturated rings. The number of rotatable bonds is 4. The van der Waals surface area contributed by atoms with Gasteiger partial charge in [-0.3, -0.25) is 0 Å². The van der Waals surface area contributed by atoms with Crippen LogP contribution in [0.1, 0.15) is 65.7 Å². The van der Waals surface area contributed by atoms with Crippen LogP contribution in [0, 0.1) is 17.8 Å². The Hall–Kier alpha value is -0.0400. The Labute approximate surface area is 101 Å². The molecule has 0 aromatic heterocycles. The van der Waals surface area contributed by atoms with E-state index in [1.807, 2.05) is 0 Å². The standard InChI is InChI=1S/C15H29N/c1-15(2,3)16-11-14-9-8-13(14)10-12-6-4-5-7-12/h12-14,16H,4-11H2,1-3H3. The van der Waals surface area contributed by atoms with Gasteiger partial charge in [0.15, 0.2) is 0 Å². The molecule has 1 N–H and O–H groups in total. The largest absolute Gasteiger partial charge is 0.312 e. The monoisotopic (exact) mass is 223 g/mol. The fourth-order valence-electron chi connectivity index (χ4n) is 3.33. The lowest BCUT2D eigenvalue weighted by molar-refractivity contribution is 0.130. The Morgan fingerprint density at radius 1 is 0.938 bits per heavy atom. The summed E-state index contributed by atoms with van der Waals surface area (Å²) < 4.78 is 0. The fraction of sp³-hybridized carbons (Fsp3) is 1.00. The van der Waals surface area contributed by atoms with E-state index in [2.05, 4.69) is 26.1 Å². The third-order valence-corrected chi connectivity index (χ3v) is 4.58. The lowest BCUT2D eigenvalue weighted by atomic mass is 9.69. The summed E-state index contributed by atoms with van der Waals surface area (Å²) in [6.45, 7) is 8.08. The van der Waals surface area contributed by atoms with Crippen molar-refractivity contribution in [2.45, 2.75) is 71.3 Å². The zero-order valence-corrected chi connectivity index (χ0v) is 11.4. The van der Waals surface area contributed by atoms with E-state index in [1.54, 1.807) is 0 Å². The van der Waals surface area contributed by atoms with E-state index in [0.717, 1.165) is 17.8 Å². The predicted molar refractivity (Wildman–Crippen MR) is 70.5 cm³/mol. The molecule has 0 bridgehead atoms. The quantitative estimate of drug-likeness (QED) is 0.760. The molecule has 0 aromatic rings. The molecule has 16 heavy (non-hydrogen) atoms. The Morgan fingerprint density at radius 2 is 1.56 bits per heavy atom. The molecule has 2 unspecified atom stereocenters. The molecule has 2 aliphatic carbocycles. The highest BCUT2D eigenvalue weighted by atomic mass is 14.9. The van der Waals surface area contributed by atoms with Crippen molar-refractivity contribution in [2.24, 2.45) is 17.8 Å². The highest BCUT2D eigenvalue weighted by Gasteiger charge is 2.33. The van der Waals surface area contributed by atoms with Crippen LogP contribution in [-0.4, -0.2) is 12.1 Å². The smallest absolute Gasteiger partial charge is 0.00966 e. The van der Waals surface area contributed by atoms with Gasteiger partial charge < -0.3 is 5.32 Å². The first-order valence-electron chi connectivity index (χ1n) is 7.29. The summed E-state index contributed by atoms with van der Waals surface area (Å²) in [5, 5.41) is 3.68. The molecule has 0 aliphatic heterocycles. The number of hydrogen-bond donors (Lipinski definition) is 1. The Morgan fingerprint density at radius 3 is 2.06 bits per heavy atom. The topological polar surface area (TPSA) is 12.0 Å². The van der Waals surface area contributed by atoms with Gasteiger partial charge in [-0.1, -0.05) is 25.7 Å². The van der Waals surface area contributed by atoms with Crippen molar-refractivity contribution in [1.29, 1.82) is 0 Å². The molecule has 0 amide bonds. The molecule has 0 heterocycles. The van der Waals surface area contributed by atoms with Gasteiger partial charge in [0.1, 0.15) is 0 Å². The van der Waals surface area contributed by atoms with Gasteiger partial charge in [0.05, 0.1) is 0 Å². The Kier molecular flexibility index (Phi) is 3.94. The SMILES string of the molecule is CC(C)(C)NCC1CCC1CC1CCCC1. The first kappa shape index (κ1) is 12.4. The predicted octanol–water partition coefficient (Wildman–Crippen LogP) is 3.98. The van der Waals surface area contributed by atoms with Crippen LogP contribution in [0.15, 0.2) is 0 Å². The lowest BCUT2D eigenvalue weighted by Crippen LogP contribution is -2.43. The molecular formula is C15H29N. The molecule has 1 heteroatoms. The van der Waals surface area contributed by atoms with Gasteiger partial charge in [0, 0.05) is 5.54 Å². The third-order valence-electron chi connectivity index (χ3n) is 4.58. The molecule has 0 spiro atoms. The van der Waals surface area contributed by atoms with Crippen LogP contribution in [0.4, 0.5) is 0 Å². The van der Waals surface area contributed by atoms with Gasteiger partial charge in [0.2, 0.25) is 0 Å². The van der Waals surface area contributed by atoms with Crippen molar-refractivity contribution >= 4 is 0 Å². The van der Waals surface area contributed by atoms with E-state index < -0.39 is 0 Å². The summed E-state index contributed by atoms with van der Waals surface area (Å²) in [4.78, 5) is 0. The van der Waals surface area contributed by atoms with Gasteiger partial charge >= 0.3 is 0 Å². The second-order valence-electron chi connectivity index (χ2n) is 7.11. The highest BCUT2D eigenvalue weighted by molar-refractivity contribution is 4.86. The van der Waals surface area contributed by atoms with Crippen molar-refractivity contribution in [2.75, 3.05) is 6.54 Å². The Bertz CT molecular complexity index is 210. The zero-order chi connectivity index (χ0) is 11.6. The van der Waals surface area contributed by atoms with Crippen molar-refractivity contribution < 1.29 is 0 Å². The molecule has 0 saturated heterocycles. The molecule has 2 rings (SSSR count). The molecule has 2 aliphatic rings. The molecule has 2 saturated carbocycles. The van der Waals surface area contributed by atoms with Gasteiger partial charge in [-0.05, 0) is 64.3 Å². The van der Waals surface area contributed by atoms with E-state index in [9.17, 15) is 0 Å². The summed E-state index contributed by atoms with van der Waals surface area (Å²) in [6, 6.07) is 0. The first-order chi connectivity index (χ1) is 7.54. The second-order valence-corrected chi connectivity index (χ2v) is 7.11. The van der Waals surface area contributed by atoms with Crippen LogP contribution >= 0.6 is 0 Å². The van der Waals surface area contributed by atoms with Crippen molar-refractivity contribution in [3.05, 3.63) is 0 Å². The van der Waals surface area contributed by atoms with Gasteiger partial charge in [-0.2, -0.15) is 0 Å². The third kappa shape index (κ3) is 3.48. The van der Waals surface area contributed by atoms with E-state index in [-0.39, 0.29) is 0 Å². The van der Waals surface area contributed by atoms with Gasteiger partial charge in [-0.15, -0.1) is 0 Å². The molecule has 2 atom stereocenters. The van der Waals surface area contributed by atoms with E-state index in [4.69, 9.17) is 0 Å². The normalized spacial score (nSPS) is 31.7. The maximum Gasteiger partial charge on any atom is 0.00966 e. The molecule has 0 radical (unpaired) electrons.